The molecule has 3 aromatic carbocycles. The summed E-state index contributed by atoms with van der Waals surface area (Å²) in [5.41, 5.74) is 3.04. The van der Waals surface area contributed by atoms with Gasteiger partial charge in [-0.2, -0.15) is 0 Å². The van der Waals surface area contributed by atoms with Crippen molar-refractivity contribution in [1.82, 2.24) is 0 Å². The average Bonchev–Trinajstić information content (AvgIpc) is 2.64. The SMILES string of the molecule is O=C(C(=[PH3])C(c1ccccc1)c1ccccc1)c1ccccc1. The van der Waals surface area contributed by atoms with E-state index in [4.69, 9.17) is 0 Å². The van der Waals surface area contributed by atoms with Gasteiger partial charge in [0.1, 0.15) is 0 Å². The molecule has 0 aliphatic rings. The van der Waals surface area contributed by atoms with Gasteiger partial charge in [0.25, 0.3) is 0 Å². The molecule has 0 fully saturated rings. The molecule has 0 N–H and O–H groups in total. The lowest BCUT2D eigenvalue weighted by molar-refractivity contribution is 0.106. The quantitative estimate of drug-likeness (QED) is 0.501. The van der Waals surface area contributed by atoms with E-state index in [1.165, 1.54) is 0 Å². The van der Waals surface area contributed by atoms with Gasteiger partial charge in [-0.15, -0.1) is 8.86 Å². The molecule has 0 bridgehead atoms. The molecule has 0 amide bonds. The van der Waals surface area contributed by atoms with Crippen molar-refractivity contribution in [2.24, 2.45) is 0 Å². The van der Waals surface area contributed by atoms with Crippen LogP contribution in [0.1, 0.15) is 27.4 Å². The fourth-order valence-corrected chi connectivity index (χ4v) is 3.47. The van der Waals surface area contributed by atoms with Gasteiger partial charge in [0, 0.05) is 16.8 Å². The lowest BCUT2D eigenvalue weighted by Crippen LogP contribution is -2.21. The summed E-state index contributed by atoms with van der Waals surface area (Å²) in [7, 11) is 1.70. The van der Waals surface area contributed by atoms with Gasteiger partial charge >= 0.3 is 0 Å². The molecular formula is C21H19OP. The highest BCUT2D eigenvalue weighted by atomic mass is 31.0. The molecular weight excluding hydrogens is 299 g/mol. The van der Waals surface area contributed by atoms with E-state index in [0.29, 0.717) is 0 Å². The Kier molecular flexibility index (Phi) is 4.90. The number of hydrogen-bond donors (Lipinski definition) is 0. The Morgan fingerprint density at radius 2 is 1.04 bits per heavy atom. The minimum absolute atomic E-state index is 0.0107. The van der Waals surface area contributed by atoms with Crippen molar-refractivity contribution in [3.05, 3.63) is 108 Å². The van der Waals surface area contributed by atoms with Gasteiger partial charge in [0.05, 0.1) is 0 Å². The number of hydrogen-bond acceptors (Lipinski definition) is 1. The summed E-state index contributed by atoms with van der Waals surface area (Å²) in [4.78, 5) is 12.9. The summed E-state index contributed by atoms with van der Waals surface area (Å²) < 4.78 is 0. The van der Waals surface area contributed by atoms with Crippen LogP contribution >= 0.6 is 8.86 Å². The van der Waals surface area contributed by atoms with Crippen molar-refractivity contribution < 1.29 is 4.79 Å². The predicted molar refractivity (Wildman–Crippen MR) is 102 cm³/mol. The molecule has 2 heteroatoms. The highest BCUT2D eigenvalue weighted by molar-refractivity contribution is 7.26. The molecule has 0 aliphatic heterocycles. The molecule has 0 aromatic heterocycles. The summed E-state index contributed by atoms with van der Waals surface area (Å²) in [5, 5.41) is 0.869. The smallest absolute Gasteiger partial charge is 0.189 e. The minimum atomic E-state index is -0.0107. The first-order chi connectivity index (χ1) is 11.3. The van der Waals surface area contributed by atoms with E-state index in [9.17, 15) is 4.79 Å². The maximum absolute atomic E-state index is 12.9. The van der Waals surface area contributed by atoms with E-state index >= 15 is 0 Å². The Bertz CT molecular complexity index is 756. The van der Waals surface area contributed by atoms with Gasteiger partial charge in [-0.3, -0.25) is 4.79 Å². The first-order valence-corrected chi connectivity index (χ1v) is 8.36. The van der Waals surface area contributed by atoms with Crippen LogP contribution in [0.25, 0.3) is 0 Å². The fourth-order valence-electron chi connectivity index (χ4n) is 2.79. The van der Waals surface area contributed by atoms with Gasteiger partial charge in [-0.25, -0.2) is 0 Å². The molecule has 3 aromatic rings. The maximum atomic E-state index is 12.9. The molecule has 0 aliphatic carbocycles. The third-order valence-electron chi connectivity index (χ3n) is 3.94. The number of benzene rings is 3. The largest absolute Gasteiger partial charge is 0.289 e. The van der Waals surface area contributed by atoms with Gasteiger partial charge < -0.3 is 0 Å². The highest BCUT2D eigenvalue weighted by Crippen LogP contribution is 2.28. The van der Waals surface area contributed by atoms with Crippen LogP contribution in [0.5, 0.6) is 0 Å². The van der Waals surface area contributed by atoms with Crippen LogP contribution in [-0.2, 0) is 0 Å². The van der Waals surface area contributed by atoms with Crippen LogP contribution in [0.3, 0.4) is 0 Å². The van der Waals surface area contributed by atoms with Crippen LogP contribution in [0, 0.1) is 0 Å². The van der Waals surface area contributed by atoms with Gasteiger partial charge in [0.15, 0.2) is 5.78 Å². The summed E-state index contributed by atoms with van der Waals surface area (Å²) >= 11 is 0. The van der Waals surface area contributed by atoms with Crippen LogP contribution in [-0.4, -0.2) is 11.1 Å². The third kappa shape index (κ3) is 3.52. The highest BCUT2D eigenvalue weighted by Gasteiger charge is 2.23. The zero-order valence-corrected chi connectivity index (χ0v) is 14.3. The monoisotopic (exact) mass is 318 g/mol. The molecule has 0 radical (unpaired) electrons. The first kappa shape index (κ1) is 15.5. The van der Waals surface area contributed by atoms with E-state index in [2.05, 4.69) is 24.3 Å². The van der Waals surface area contributed by atoms with Crippen LogP contribution in [0.2, 0.25) is 0 Å². The summed E-state index contributed by atoms with van der Waals surface area (Å²) in [6.45, 7) is 0. The van der Waals surface area contributed by atoms with E-state index in [-0.39, 0.29) is 11.7 Å². The van der Waals surface area contributed by atoms with Gasteiger partial charge in [0.2, 0.25) is 0 Å². The van der Waals surface area contributed by atoms with Crippen molar-refractivity contribution in [3.8, 4) is 0 Å². The number of carbonyl (C=O) groups is 1. The summed E-state index contributed by atoms with van der Waals surface area (Å²) in [6.07, 6.45) is 0. The topological polar surface area (TPSA) is 17.1 Å². The molecule has 1 unspecified atom stereocenters. The standard InChI is InChI=1S/C21H19OP/c22-20(18-14-8-3-9-15-18)21(23)19(16-10-4-1-5-11-16)17-12-6-2-7-13-17/h1-15,19H,23H3. The van der Waals surface area contributed by atoms with Crippen molar-refractivity contribution in [1.29, 1.82) is 0 Å². The Hall–Kier alpha value is -2.37. The van der Waals surface area contributed by atoms with E-state index in [1.807, 2.05) is 66.7 Å². The number of ketones is 1. The van der Waals surface area contributed by atoms with E-state index in [1.54, 1.807) is 8.86 Å². The summed E-state index contributed by atoms with van der Waals surface area (Å²) in [6, 6.07) is 29.9. The molecule has 0 heterocycles. The maximum Gasteiger partial charge on any atom is 0.189 e. The second-order valence-electron chi connectivity index (χ2n) is 5.47. The van der Waals surface area contributed by atoms with Crippen molar-refractivity contribution in [2.75, 3.05) is 0 Å². The van der Waals surface area contributed by atoms with Crippen LogP contribution < -0.4 is 0 Å². The Labute approximate surface area is 138 Å². The van der Waals surface area contributed by atoms with Gasteiger partial charge in [-0.05, 0) is 11.1 Å². The third-order valence-corrected chi connectivity index (χ3v) is 4.67. The van der Waals surface area contributed by atoms with Crippen LogP contribution in [0.4, 0.5) is 0 Å². The first-order valence-electron chi connectivity index (χ1n) is 7.66. The normalized spacial score (nSPS) is 10.7. The molecule has 1 nitrogen and oxygen atoms in total. The zero-order chi connectivity index (χ0) is 16.1. The number of Topliss-reactive ketones (excluding diaryl/α,β-unsaturated/α-hetero) is 1. The summed E-state index contributed by atoms with van der Waals surface area (Å²) in [5.74, 6) is 0.102. The molecule has 0 saturated carbocycles. The molecule has 1 atom stereocenters. The average molecular weight is 318 g/mol. The molecule has 3 rings (SSSR count). The second kappa shape index (κ2) is 7.26. The predicted octanol–water partition coefficient (Wildman–Crippen LogP) is 4.48. The van der Waals surface area contributed by atoms with Crippen molar-refractivity contribution in [2.45, 2.75) is 5.92 Å². The lowest BCUT2D eigenvalue weighted by Gasteiger charge is -2.20. The number of carbonyl (C=O) groups excluding carboxylic acids is 1. The molecule has 114 valence electrons. The molecule has 23 heavy (non-hydrogen) atoms. The Morgan fingerprint density at radius 1 is 0.652 bits per heavy atom. The zero-order valence-electron chi connectivity index (χ0n) is 12.9. The van der Waals surface area contributed by atoms with E-state index < -0.39 is 0 Å². The van der Waals surface area contributed by atoms with E-state index in [0.717, 1.165) is 22.0 Å². The van der Waals surface area contributed by atoms with Crippen molar-refractivity contribution in [3.63, 3.8) is 0 Å². The van der Waals surface area contributed by atoms with Crippen LogP contribution in [0.15, 0.2) is 91.0 Å². The minimum Gasteiger partial charge on any atom is -0.289 e. The number of rotatable bonds is 5. The Morgan fingerprint density at radius 3 is 1.48 bits per heavy atom. The molecule has 0 saturated heterocycles. The second-order valence-corrected chi connectivity index (χ2v) is 6.24. The van der Waals surface area contributed by atoms with Gasteiger partial charge in [-0.1, -0.05) is 91.0 Å². The Balaban J connectivity index is 2.02. The fraction of sp³-hybridized carbons (Fsp3) is 0.0476. The lowest BCUT2D eigenvalue weighted by atomic mass is 9.85. The molecule has 0 spiro atoms. The van der Waals surface area contributed by atoms with Crippen molar-refractivity contribution >= 4 is 19.9 Å².